The Labute approximate surface area is 88.8 Å². The second-order valence-corrected chi connectivity index (χ2v) is 4.02. The first kappa shape index (κ1) is 8.80. The number of oxazole rings is 1. The summed E-state index contributed by atoms with van der Waals surface area (Å²) in [5, 5.41) is 0. The van der Waals surface area contributed by atoms with E-state index in [1.54, 1.807) is 0 Å². The highest BCUT2D eigenvalue weighted by molar-refractivity contribution is 14.1. The summed E-state index contributed by atoms with van der Waals surface area (Å²) in [7, 11) is 0. The molecule has 4 heteroatoms. The molecular formula is C9H8INO2. The van der Waals surface area contributed by atoms with Crippen molar-refractivity contribution >= 4 is 34.0 Å². The summed E-state index contributed by atoms with van der Waals surface area (Å²) < 4.78 is 6.52. The van der Waals surface area contributed by atoms with E-state index in [0.29, 0.717) is 5.58 Å². The minimum absolute atomic E-state index is 0.319. The number of aryl methyl sites for hydroxylation is 2. The van der Waals surface area contributed by atoms with Crippen LogP contribution in [0.1, 0.15) is 11.1 Å². The van der Waals surface area contributed by atoms with Crippen LogP contribution in [0.3, 0.4) is 0 Å². The lowest BCUT2D eigenvalue weighted by molar-refractivity contribution is 0.552. The summed E-state index contributed by atoms with van der Waals surface area (Å²) in [6, 6.07) is 3.85. The van der Waals surface area contributed by atoms with Gasteiger partial charge in [-0.3, -0.25) is 0 Å². The summed E-state index contributed by atoms with van der Waals surface area (Å²) >= 11 is 1.94. The molecule has 2 aromatic rings. The third kappa shape index (κ3) is 1.29. The Bertz CT molecular complexity index is 524. The third-order valence-corrected chi connectivity index (χ3v) is 3.06. The molecule has 0 N–H and O–H groups in total. The minimum Gasteiger partial charge on any atom is -0.407 e. The predicted octanol–water partition coefficient (Wildman–Crippen LogP) is 2.41. The molecule has 1 aromatic carbocycles. The SMILES string of the molecule is Cc1cc2oc(=O)n(I)c2cc1C. The van der Waals surface area contributed by atoms with Gasteiger partial charge in [0, 0.05) is 0 Å². The molecule has 13 heavy (non-hydrogen) atoms. The predicted molar refractivity (Wildman–Crippen MR) is 59.4 cm³/mol. The summed E-state index contributed by atoms with van der Waals surface area (Å²) in [6.07, 6.45) is 0. The van der Waals surface area contributed by atoms with Crippen molar-refractivity contribution in [3.8, 4) is 0 Å². The van der Waals surface area contributed by atoms with Crippen molar-refractivity contribution in [2.75, 3.05) is 0 Å². The Morgan fingerprint density at radius 2 is 1.92 bits per heavy atom. The molecule has 0 aliphatic rings. The normalized spacial score (nSPS) is 11.0. The number of aromatic nitrogens is 1. The summed E-state index contributed by atoms with van der Waals surface area (Å²) in [4.78, 5) is 11.1. The second kappa shape index (κ2) is 2.87. The van der Waals surface area contributed by atoms with Gasteiger partial charge in [-0.05, 0) is 37.1 Å². The average molecular weight is 289 g/mol. The van der Waals surface area contributed by atoms with Crippen LogP contribution in [0.15, 0.2) is 21.3 Å². The van der Waals surface area contributed by atoms with Gasteiger partial charge in [0.2, 0.25) is 0 Å². The van der Waals surface area contributed by atoms with Crippen molar-refractivity contribution in [3.63, 3.8) is 0 Å². The van der Waals surface area contributed by atoms with Crippen LogP contribution in [-0.4, -0.2) is 2.78 Å². The zero-order valence-electron chi connectivity index (χ0n) is 7.30. The van der Waals surface area contributed by atoms with Gasteiger partial charge in [0.05, 0.1) is 22.9 Å². The first-order chi connectivity index (χ1) is 6.09. The first-order valence-corrected chi connectivity index (χ1v) is 4.85. The third-order valence-electron chi connectivity index (χ3n) is 2.14. The highest BCUT2D eigenvalue weighted by atomic mass is 127. The first-order valence-electron chi connectivity index (χ1n) is 3.88. The summed E-state index contributed by atoms with van der Waals surface area (Å²) in [5.74, 6) is -0.319. The molecule has 0 spiro atoms. The van der Waals surface area contributed by atoms with Gasteiger partial charge in [0.1, 0.15) is 5.52 Å². The van der Waals surface area contributed by atoms with Gasteiger partial charge in [-0.25, -0.2) is 7.58 Å². The van der Waals surface area contributed by atoms with Gasteiger partial charge in [-0.2, -0.15) is 0 Å². The Balaban J connectivity index is 2.97. The van der Waals surface area contributed by atoms with E-state index < -0.39 is 0 Å². The van der Waals surface area contributed by atoms with Gasteiger partial charge in [-0.1, -0.05) is 0 Å². The Hall–Kier alpha value is -0.780. The fourth-order valence-corrected chi connectivity index (χ4v) is 1.72. The van der Waals surface area contributed by atoms with Crippen LogP contribution in [0.2, 0.25) is 0 Å². The van der Waals surface area contributed by atoms with Crippen molar-refractivity contribution in [3.05, 3.63) is 33.8 Å². The second-order valence-electron chi connectivity index (χ2n) is 3.05. The quantitative estimate of drug-likeness (QED) is 0.698. The number of benzene rings is 1. The molecule has 0 atom stereocenters. The number of hydrogen-bond donors (Lipinski definition) is 0. The Kier molecular flexibility index (Phi) is 1.94. The maximum atomic E-state index is 11.1. The van der Waals surface area contributed by atoms with E-state index in [1.807, 2.05) is 48.8 Å². The number of halogens is 1. The van der Waals surface area contributed by atoms with Crippen LogP contribution in [-0.2, 0) is 0 Å². The Morgan fingerprint density at radius 3 is 2.62 bits per heavy atom. The van der Waals surface area contributed by atoms with Crippen molar-refractivity contribution in [1.29, 1.82) is 0 Å². The van der Waals surface area contributed by atoms with E-state index in [9.17, 15) is 4.79 Å². The highest BCUT2D eigenvalue weighted by Crippen LogP contribution is 2.19. The average Bonchev–Trinajstić information content (AvgIpc) is 2.32. The van der Waals surface area contributed by atoms with Crippen molar-refractivity contribution in [2.45, 2.75) is 13.8 Å². The molecule has 0 aliphatic carbocycles. The maximum absolute atomic E-state index is 11.1. The van der Waals surface area contributed by atoms with Crippen LogP contribution in [0.5, 0.6) is 0 Å². The van der Waals surface area contributed by atoms with Gasteiger partial charge in [0.15, 0.2) is 5.58 Å². The van der Waals surface area contributed by atoms with E-state index in [-0.39, 0.29) is 5.76 Å². The van der Waals surface area contributed by atoms with Crippen LogP contribution >= 0.6 is 22.9 Å². The molecule has 0 saturated heterocycles. The van der Waals surface area contributed by atoms with Gasteiger partial charge < -0.3 is 4.42 Å². The molecule has 0 fully saturated rings. The zero-order chi connectivity index (χ0) is 9.59. The van der Waals surface area contributed by atoms with Crippen LogP contribution in [0.4, 0.5) is 0 Å². The highest BCUT2D eigenvalue weighted by Gasteiger charge is 2.07. The molecule has 3 nitrogen and oxygen atoms in total. The molecule has 0 amide bonds. The lowest BCUT2D eigenvalue weighted by Gasteiger charge is -1.97. The molecule has 1 heterocycles. The van der Waals surface area contributed by atoms with Crippen molar-refractivity contribution in [1.82, 2.24) is 2.78 Å². The van der Waals surface area contributed by atoms with Crippen LogP contribution in [0, 0.1) is 13.8 Å². The van der Waals surface area contributed by atoms with Gasteiger partial charge >= 0.3 is 5.76 Å². The molecule has 2 rings (SSSR count). The Morgan fingerprint density at radius 1 is 1.31 bits per heavy atom. The monoisotopic (exact) mass is 289 g/mol. The molecule has 0 bridgehead atoms. The topological polar surface area (TPSA) is 35.1 Å². The molecule has 0 unspecified atom stereocenters. The van der Waals surface area contributed by atoms with E-state index in [4.69, 9.17) is 4.42 Å². The van der Waals surface area contributed by atoms with Gasteiger partial charge in [-0.15, -0.1) is 0 Å². The number of hydrogen-bond acceptors (Lipinski definition) is 2. The molecule has 0 aliphatic heterocycles. The van der Waals surface area contributed by atoms with E-state index in [0.717, 1.165) is 11.1 Å². The fourth-order valence-electron chi connectivity index (χ4n) is 1.24. The summed E-state index contributed by atoms with van der Waals surface area (Å²) in [5.41, 5.74) is 3.80. The zero-order valence-corrected chi connectivity index (χ0v) is 9.45. The maximum Gasteiger partial charge on any atom is 0.429 e. The van der Waals surface area contributed by atoms with E-state index in [2.05, 4.69) is 0 Å². The van der Waals surface area contributed by atoms with Crippen LogP contribution in [0.25, 0.3) is 11.1 Å². The molecular weight excluding hydrogens is 281 g/mol. The smallest absolute Gasteiger partial charge is 0.407 e. The van der Waals surface area contributed by atoms with Crippen LogP contribution < -0.4 is 5.76 Å². The van der Waals surface area contributed by atoms with Crippen molar-refractivity contribution < 1.29 is 4.42 Å². The number of fused-ring (bicyclic) bond motifs is 1. The lowest BCUT2D eigenvalue weighted by Crippen LogP contribution is -2.02. The van der Waals surface area contributed by atoms with E-state index >= 15 is 0 Å². The largest absolute Gasteiger partial charge is 0.429 e. The minimum atomic E-state index is -0.319. The molecule has 0 saturated carbocycles. The summed E-state index contributed by atoms with van der Waals surface area (Å²) in [6.45, 7) is 4.02. The standard InChI is InChI=1S/C9H8INO2/c1-5-3-7-8(4-6(5)2)13-9(12)11(7)10/h3-4H,1-2H3. The molecule has 0 radical (unpaired) electrons. The van der Waals surface area contributed by atoms with E-state index in [1.165, 1.54) is 8.34 Å². The molecule has 1 aromatic heterocycles. The lowest BCUT2D eigenvalue weighted by atomic mass is 10.1. The number of nitrogens with zero attached hydrogens (tertiary/aromatic N) is 1. The number of rotatable bonds is 0. The fraction of sp³-hybridized carbons (Fsp3) is 0.222. The van der Waals surface area contributed by atoms with Crippen molar-refractivity contribution in [2.24, 2.45) is 0 Å². The van der Waals surface area contributed by atoms with Gasteiger partial charge in [0.25, 0.3) is 0 Å². The molecule has 68 valence electrons.